The number of hydrogen-bond donors (Lipinski definition) is 0. The lowest BCUT2D eigenvalue weighted by atomic mass is 9.99. The Hall–Kier alpha value is -1.56. The minimum Gasteiger partial charge on any atom is -0.444 e. The second-order valence-electron chi connectivity index (χ2n) is 7.05. The first-order chi connectivity index (χ1) is 10.1. The predicted molar refractivity (Wildman–Crippen MR) is 86.3 cm³/mol. The van der Waals surface area contributed by atoms with Gasteiger partial charge < -0.3 is 9.64 Å². The summed E-state index contributed by atoms with van der Waals surface area (Å²) in [6.45, 7) is 11.6. The van der Waals surface area contributed by atoms with Crippen molar-refractivity contribution in [2.45, 2.75) is 45.8 Å². The van der Waals surface area contributed by atoms with Crippen LogP contribution in [-0.4, -0.2) is 51.7 Å². The molecule has 22 heavy (non-hydrogen) atoms. The average molecular weight is 327 g/mol. The van der Waals surface area contributed by atoms with Gasteiger partial charge in [0.25, 0.3) is 0 Å². The summed E-state index contributed by atoms with van der Waals surface area (Å²) in [6.07, 6.45) is 1.36. The van der Waals surface area contributed by atoms with Gasteiger partial charge in [0.1, 0.15) is 11.4 Å². The second kappa shape index (κ2) is 5.91. The fourth-order valence-electron chi connectivity index (χ4n) is 2.51. The van der Waals surface area contributed by atoms with E-state index in [-0.39, 0.29) is 16.9 Å². The van der Waals surface area contributed by atoms with Crippen LogP contribution in [0.3, 0.4) is 0 Å². The van der Waals surface area contributed by atoms with Gasteiger partial charge in [0, 0.05) is 25.8 Å². The van der Waals surface area contributed by atoms with E-state index in [0.29, 0.717) is 19.6 Å². The average Bonchev–Trinajstić information content (AvgIpc) is 2.35. The van der Waals surface area contributed by atoms with Gasteiger partial charge in [0.15, 0.2) is 0 Å². The SMILES string of the molecule is CC(C)(C)OC(=O)N1CCN(c2ccnc(Cl)n2)CC1(C)C. The number of amides is 1. The largest absolute Gasteiger partial charge is 0.444 e. The quantitative estimate of drug-likeness (QED) is 0.743. The molecule has 6 nitrogen and oxygen atoms in total. The highest BCUT2D eigenvalue weighted by Crippen LogP contribution is 2.26. The smallest absolute Gasteiger partial charge is 0.410 e. The molecule has 1 aliphatic rings. The summed E-state index contributed by atoms with van der Waals surface area (Å²) in [7, 11) is 0. The number of rotatable bonds is 1. The third kappa shape index (κ3) is 4.00. The van der Waals surface area contributed by atoms with E-state index in [1.165, 1.54) is 0 Å². The lowest BCUT2D eigenvalue weighted by molar-refractivity contribution is 0.000311. The van der Waals surface area contributed by atoms with Gasteiger partial charge in [-0.3, -0.25) is 4.90 Å². The molecular formula is C15H23ClN4O2. The highest BCUT2D eigenvalue weighted by molar-refractivity contribution is 6.28. The van der Waals surface area contributed by atoms with Gasteiger partial charge in [0.2, 0.25) is 5.28 Å². The zero-order valence-corrected chi connectivity index (χ0v) is 14.5. The van der Waals surface area contributed by atoms with Crippen LogP contribution in [0.1, 0.15) is 34.6 Å². The summed E-state index contributed by atoms with van der Waals surface area (Å²) < 4.78 is 5.49. The third-order valence-corrected chi connectivity index (χ3v) is 3.63. The zero-order valence-electron chi connectivity index (χ0n) is 13.8. The van der Waals surface area contributed by atoms with Crippen LogP contribution >= 0.6 is 11.6 Å². The molecule has 1 aliphatic heterocycles. The van der Waals surface area contributed by atoms with Crippen molar-refractivity contribution in [2.75, 3.05) is 24.5 Å². The van der Waals surface area contributed by atoms with E-state index in [2.05, 4.69) is 14.9 Å². The molecule has 1 aromatic heterocycles. The number of anilines is 1. The van der Waals surface area contributed by atoms with Crippen LogP contribution in [0.5, 0.6) is 0 Å². The van der Waals surface area contributed by atoms with Crippen molar-refractivity contribution in [3.05, 3.63) is 17.5 Å². The molecule has 1 fully saturated rings. The van der Waals surface area contributed by atoms with Crippen molar-refractivity contribution in [3.8, 4) is 0 Å². The second-order valence-corrected chi connectivity index (χ2v) is 7.39. The number of ether oxygens (including phenoxy) is 1. The number of aromatic nitrogens is 2. The fraction of sp³-hybridized carbons (Fsp3) is 0.667. The van der Waals surface area contributed by atoms with Gasteiger partial charge in [-0.25, -0.2) is 14.8 Å². The summed E-state index contributed by atoms with van der Waals surface area (Å²) in [4.78, 5) is 24.4. The van der Waals surface area contributed by atoms with E-state index < -0.39 is 5.60 Å². The molecule has 0 aromatic carbocycles. The number of nitrogens with zero attached hydrogens (tertiary/aromatic N) is 4. The highest BCUT2D eigenvalue weighted by atomic mass is 35.5. The molecule has 7 heteroatoms. The van der Waals surface area contributed by atoms with E-state index in [0.717, 1.165) is 5.82 Å². The molecule has 0 unspecified atom stereocenters. The third-order valence-electron chi connectivity index (χ3n) is 3.45. The number of carbonyl (C=O) groups excluding carboxylic acids is 1. The molecule has 1 saturated heterocycles. The molecule has 0 saturated carbocycles. The monoisotopic (exact) mass is 326 g/mol. The summed E-state index contributed by atoms with van der Waals surface area (Å²) in [5.74, 6) is 0.775. The fourth-order valence-corrected chi connectivity index (χ4v) is 2.65. The molecule has 122 valence electrons. The van der Waals surface area contributed by atoms with Crippen molar-refractivity contribution in [3.63, 3.8) is 0 Å². The Balaban J connectivity index is 2.11. The summed E-state index contributed by atoms with van der Waals surface area (Å²) in [5, 5.41) is 0.227. The van der Waals surface area contributed by atoms with E-state index in [1.54, 1.807) is 11.1 Å². The minimum absolute atomic E-state index is 0.227. The summed E-state index contributed by atoms with van der Waals surface area (Å²) in [6, 6.07) is 1.82. The van der Waals surface area contributed by atoms with Crippen molar-refractivity contribution in [1.82, 2.24) is 14.9 Å². The lowest BCUT2D eigenvalue weighted by Crippen LogP contribution is -2.62. The highest BCUT2D eigenvalue weighted by Gasteiger charge is 2.39. The van der Waals surface area contributed by atoms with Crippen molar-refractivity contribution in [2.24, 2.45) is 0 Å². The molecule has 2 rings (SSSR count). The van der Waals surface area contributed by atoms with Crippen LogP contribution in [-0.2, 0) is 4.74 Å². The Bertz CT molecular complexity index is 557. The molecule has 0 atom stereocenters. The predicted octanol–water partition coefficient (Wildman–Crippen LogP) is 2.97. The standard InChI is InChI=1S/C15H23ClN4O2/c1-14(2,3)22-13(21)20-9-8-19(10-15(20,4)5)11-6-7-17-12(16)18-11/h6-7H,8-10H2,1-5H3. The van der Waals surface area contributed by atoms with Crippen LogP contribution in [0, 0.1) is 0 Å². The normalized spacial score (nSPS) is 18.3. The first kappa shape index (κ1) is 16.8. The molecule has 0 bridgehead atoms. The maximum absolute atomic E-state index is 12.4. The number of hydrogen-bond acceptors (Lipinski definition) is 5. The molecule has 2 heterocycles. The lowest BCUT2D eigenvalue weighted by Gasteiger charge is -2.47. The summed E-state index contributed by atoms with van der Waals surface area (Å²) in [5.41, 5.74) is -0.859. The van der Waals surface area contributed by atoms with Crippen molar-refractivity contribution < 1.29 is 9.53 Å². The van der Waals surface area contributed by atoms with Crippen LogP contribution < -0.4 is 4.90 Å². The Morgan fingerprint density at radius 2 is 2.05 bits per heavy atom. The first-order valence-corrected chi connectivity index (χ1v) is 7.70. The Kier molecular flexibility index (Phi) is 4.52. The summed E-state index contributed by atoms with van der Waals surface area (Å²) >= 11 is 5.85. The zero-order chi connectivity index (χ0) is 16.5. The molecule has 1 aromatic rings. The van der Waals surface area contributed by atoms with E-state index in [1.807, 2.05) is 40.7 Å². The molecular weight excluding hydrogens is 304 g/mol. The maximum Gasteiger partial charge on any atom is 0.410 e. The Labute approximate surface area is 136 Å². The van der Waals surface area contributed by atoms with Gasteiger partial charge in [-0.05, 0) is 52.3 Å². The van der Waals surface area contributed by atoms with Crippen LogP contribution in [0.2, 0.25) is 5.28 Å². The number of halogens is 1. The van der Waals surface area contributed by atoms with Gasteiger partial charge >= 0.3 is 6.09 Å². The maximum atomic E-state index is 12.4. The van der Waals surface area contributed by atoms with Gasteiger partial charge in [-0.2, -0.15) is 0 Å². The number of carbonyl (C=O) groups is 1. The Morgan fingerprint density at radius 1 is 1.36 bits per heavy atom. The van der Waals surface area contributed by atoms with Crippen molar-refractivity contribution in [1.29, 1.82) is 0 Å². The van der Waals surface area contributed by atoms with E-state index in [4.69, 9.17) is 16.3 Å². The molecule has 0 aliphatic carbocycles. The van der Waals surface area contributed by atoms with E-state index in [9.17, 15) is 4.79 Å². The minimum atomic E-state index is -0.496. The molecule has 1 amide bonds. The van der Waals surface area contributed by atoms with Crippen LogP contribution in [0.25, 0.3) is 0 Å². The molecule has 0 radical (unpaired) electrons. The van der Waals surface area contributed by atoms with E-state index >= 15 is 0 Å². The Morgan fingerprint density at radius 3 is 2.59 bits per heavy atom. The molecule has 0 N–H and O–H groups in total. The van der Waals surface area contributed by atoms with Crippen LogP contribution in [0.4, 0.5) is 10.6 Å². The number of piperazine rings is 1. The topological polar surface area (TPSA) is 58.6 Å². The van der Waals surface area contributed by atoms with Crippen molar-refractivity contribution >= 4 is 23.5 Å². The van der Waals surface area contributed by atoms with Gasteiger partial charge in [-0.1, -0.05) is 0 Å². The van der Waals surface area contributed by atoms with Crippen LogP contribution in [0.15, 0.2) is 12.3 Å². The first-order valence-electron chi connectivity index (χ1n) is 7.33. The van der Waals surface area contributed by atoms with Gasteiger partial charge in [0.05, 0.1) is 5.54 Å². The molecule has 0 spiro atoms. The van der Waals surface area contributed by atoms with Gasteiger partial charge in [-0.15, -0.1) is 0 Å².